The van der Waals surface area contributed by atoms with Gasteiger partial charge in [-0.15, -0.1) is 11.8 Å². The summed E-state index contributed by atoms with van der Waals surface area (Å²) in [5, 5.41) is 0. The third-order valence-electron chi connectivity index (χ3n) is 2.54. The summed E-state index contributed by atoms with van der Waals surface area (Å²) in [5.74, 6) is 0.172. The van der Waals surface area contributed by atoms with Crippen LogP contribution in [0.25, 0.3) is 0 Å². The van der Waals surface area contributed by atoms with Gasteiger partial charge in [-0.2, -0.15) is 0 Å². The lowest BCUT2D eigenvalue weighted by Crippen LogP contribution is -2.15. The fraction of sp³-hybridized carbons (Fsp3) is 0.500. The quantitative estimate of drug-likeness (QED) is 0.689. The monoisotopic (exact) mass is 252 g/mol. The summed E-state index contributed by atoms with van der Waals surface area (Å²) in [5.41, 5.74) is 0.961. The number of rotatable bonds is 7. The molecule has 0 bridgehead atoms. The summed E-state index contributed by atoms with van der Waals surface area (Å²) >= 11 is 1.70. The Hall–Kier alpha value is -0.800. The fourth-order valence-electron chi connectivity index (χ4n) is 1.70. The van der Waals surface area contributed by atoms with Gasteiger partial charge >= 0.3 is 0 Å². The highest BCUT2D eigenvalue weighted by molar-refractivity contribution is 7.98. The first-order valence-electron chi connectivity index (χ1n) is 6.01. The molecule has 2 nitrogen and oxygen atoms in total. The van der Waals surface area contributed by atoms with Gasteiger partial charge in [-0.1, -0.05) is 19.1 Å². The molecule has 0 aliphatic heterocycles. The Morgan fingerprint density at radius 1 is 1.29 bits per heavy atom. The van der Waals surface area contributed by atoms with Gasteiger partial charge in [0.15, 0.2) is 5.78 Å². The Kier molecular flexibility index (Phi) is 6.30. The predicted octanol–water partition coefficient (Wildman–Crippen LogP) is 3.86. The summed E-state index contributed by atoms with van der Waals surface area (Å²) < 4.78 is 5.56. The number of ether oxygens (including phenoxy) is 1. The second-order valence-electron chi connectivity index (χ2n) is 3.82. The highest BCUT2D eigenvalue weighted by Crippen LogP contribution is 2.23. The molecule has 0 saturated carbocycles. The van der Waals surface area contributed by atoms with Crippen molar-refractivity contribution in [2.75, 3.05) is 12.9 Å². The third kappa shape index (κ3) is 4.17. The van der Waals surface area contributed by atoms with Gasteiger partial charge in [0.25, 0.3) is 0 Å². The minimum Gasteiger partial charge on any atom is -0.366 e. The van der Waals surface area contributed by atoms with Crippen molar-refractivity contribution in [3.63, 3.8) is 0 Å². The van der Waals surface area contributed by atoms with Crippen LogP contribution < -0.4 is 0 Å². The Morgan fingerprint density at radius 2 is 1.94 bits per heavy atom. The molecular weight excluding hydrogens is 232 g/mol. The Labute approximate surface area is 108 Å². The maximum Gasteiger partial charge on any atom is 0.166 e. The van der Waals surface area contributed by atoms with E-state index < -0.39 is 6.10 Å². The van der Waals surface area contributed by atoms with Gasteiger partial charge in [0.1, 0.15) is 6.10 Å². The molecule has 0 aliphatic carbocycles. The van der Waals surface area contributed by atoms with Crippen molar-refractivity contribution >= 4 is 17.5 Å². The predicted molar refractivity (Wildman–Crippen MR) is 72.5 cm³/mol. The molecule has 0 saturated heterocycles. The SMILES string of the molecule is CCCC(=O)C(OCC)c1ccc(SC)cc1. The number of carbonyl (C=O) groups is 1. The van der Waals surface area contributed by atoms with Crippen LogP contribution in [0.2, 0.25) is 0 Å². The Morgan fingerprint density at radius 3 is 2.41 bits per heavy atom. The highest BCUT2D eigenvalue weighted by Gasteiger charge is 2.19. The number of hydrogen-bond acceptors (Lipinski definition) is 3. The minimum absolute atomic E-state index is 0.172. The van der Waals surface area contributed by atoms with Gasteiger partial charge in [0, 0.05) is 17.9 Å². The largest absolute Gasteiger partial charge is 0.366 e. The van der Waals surface area contributed by atoms with E-state index in [1.54, 1.807) is 11.8 Å². The molecule has 0 N–H and O–H groups in total. The number of benzene rings is 1. The van der Waals surface area contributed by atoms with E-state index in [1.807, 2.05) is 44.4 Å². The number of ketones is 1. The van der Waals surface area contributed by atoms with Crippen LogP contribution in [-0.2, 0) is 9.53 Å². The van der Waals surface area contributed by atoms with Gasteiger partial charge in [0.05, 0.1) is 0 Å². The van der Waals surface area contributed by atoms with Crippen molar-refractivity contribution in [1.29, 1.82) is 0 Å². The minimum atomic E-state index is -0.393. The average Bonchev–Trinajstić information content (AvgIpc) is 2.36. The van der Waals surface area contributed by atoms with E-state index in [9.17, 15) is 4.79 Å². The van der Waals surface area contributed by atoms with Gasteiger partial charge in [0.2, 0.25) is 0 Å². The zero-order valence-electron chi connectivity index (χ0n) is 10.7. The smallest absolute Gasteiger partial charge is 0.166 e. The molecular formula is C14H20O2S. The normalized spacial score (nSPS) is 12.4. The van der Waals surface area contributed by atoms with Crippen molar-refractivity contribution in [2.24, 2.45) is 0 Å². The zero-order chi connectivity index (χ0) is 12.7. The number of thioether (sulfide) groups is 1. The lowest BCUT2D eigenvalue weighted by Gasteiger charge is -2.16. The van der Waals surface area contributed by atoms with Crippen LogP contribution in [0.15, 0.2) is 29.2 Å². The van der Waals surface area contributed by atoms with E-state index >= 15 is 0 Å². The van der Waals surface area contributed by atoms with Crippen molar-refractivity contribution < 1.29 is 9.53 Å². The molecule has 17 heavy (non-hydrogen) atoms. The molecule has 0 heterocycles. The number of hydrogen-bond donors (Lipinski definition) is 0. The summed E-state index contributed by atoms with van der Waals surface area (Å²) in [4.78, 5) is 13.2. The fourth-order valence-corrected chi connectivity index (χ4v) is 2.11. The molecule has 0 radical (unpaired) electrons. The molecule has 1 aromatic rings. The van der Waals surface area contributed by atoms with Crippen molar-refractivity contribution in [1.82, 2.24) is 0 Å². The van der Waals surface area contributed by atoms with Crippen LogP contribution in [-0.4, -0.2) is 18.6 Å². The third-order valence-corrected chi connectivity index (χ3v) is 3.28. The van der Waals surface area contributed by atoms with E-state index in [1.165, 1.54) is 4.90 Å². The lowest BCUT2D eigenvalue weighted by atomic mass is 10.0. The summed E-state index contributed by atoms with van der Waals surface area (Å²) in [6.45, 7) is 4.49. The summed E-state index contributed by atoms with van der Waals surface area (Å²) in [6.07, 6.45) is 3.09. The highest BCUT2D eigenvalue weighted by atomic mass is 32.2. The number of carbonyl (C=O) groups excluding carboxylic acids is 1. The average molecular weight is 252 g/mol. The molecule has 1 rings (SSSR count). The second kappa shape index (κ2) is 7.51. The molecule has 0 aliphatic rings. The van der Waals surface area contributed by atoms with Crippen LogP contribution >= 0.6 is 11.8 Å². The van der Waals surface area contributed by atoms with Crippen molar-refractivity contribution in [2.45, 2.75) is 37.7 Å². The molecule has 3 heteroatoms. The molecule has 0 spiro atoms. The van der Waals surface area contributed by atoms with Crippen LogP contribution in [0.4, 0.5) is 0 Å². The lowest BCUT2D eigenvalue weighted by molar-refractivity contribution is -0.130. The first-order valence-corrected chi connectivity index (χ1v) is 7.23. The molecule has 94 valence electrons. The van der Waals surface area contributed by atoms with Crippen LogP contribution in [0.3, 0.4) is 0 Å². The maximum absolute atomic E-state index is 12.0. The van der Waals surface area contributed by atoms with E-state index in [4.69, 9.17) is 4.74 Å². The van der Waals surface area contributed by atoms with Gasteiger partial charge in [-0.25, -0.2) is 0 Å². The van der Waals surface area contributed by atoms with E-state index in [0.29, 0.717) is 13.0 Å². The van der Waals surface area contributed by atoms with E-state index in [-0.39, 0.29) is 5.78 Å². The van der Waals surface area contributed by atoms with Crippen LogP contribution in [0.5, 0.6) is 0 Å². The first kappa shape index (κ1) is 14.3. The van der Waals surface area contributed by atoms with E-state index in [0.717, 1.165) is 12.0 Å². The van der Waals surface area contributed by atoms with Gasteiger partial charge < -0.3 is 4.74 Å². The first-order chi connectivity index (χ1) is 8.22. The van der Waals surface area contributed by atoms with Crippen LogP contribution in [0.1, 0.15) is 38.4 Å². The van der Waals surface area contributed by atoms with E-state index in [2.05, 4.69) is 0 Å². The molecule has 1 unspecified atom stereocenters. The summed E-state index contributed by atoms with van der Waals surface area (Å²) in [7, 11) is 0. The van der Waals surface area contributed by atoms with Gasteiger partial charge in [-0.3, -0.25) is 4.79 Å². The maximum atomic E-state index is 12.0. The standard InChI is InChI=1S/C14H20O2S/c1-4-6-13(15)14(16-5-2)11-7-9-12(17-3)10-8-11/h7-10,14H,4-6H2,1-3H3. The number of Topliss-reactive ketones (excluding diaryl/α,β-unsaturated/α-hetero) is 1. The molecule has 0 amide bonds. The second-order valence-corrected chi connectivity index (χ2v) is 4.70. The topological polar surface area (TPSA) is 26.3 Å². The van der Waals surface area contributed by atoms with Crippen LogP contribution in [0, 0.1) is 0 Å². The van der Waals surface area contributed by atoms with Crippen molar-refractivity contribution in [3.8, 4) is 0 Å². The Bertz CT molecular complexity index is 346. The molecule has 1 aromatic carbocycles. The molecule has 1 atom stereocenters. The summed E-state index contributed by atoms with van der Waals surface area (Å²) in [6, 6.07) is 8.04. The van der Waals surface area contributed by atoms with Crippen molar-refractivity contribution in [3.05, 3.63) is 29.8 Å². The van der Waals surface area contributed by atoms with Gasteiger partial charge in [-0.05, 0) is 37.3 Å². The molecule has 0 aromatic heterocycles. The zero-order valence-corrected chi connectivity index (χ0v) is 11.5. The molecule has 0 fully saturated rings. The Balaban J connectivity index is 2.84.